The van der Waals surface area contributed by atoms with Crippen molar-refractivity contribution in [1.29, 1.82) is 0 Å². The van der Waals surface area contributed by atoms with E-state index in [1.54, 1.807) is 31.9 Å². The van der Waals surface area contributed by atoms with Crippen LogP contribution in [0.5, 0.6) is 5.75 Å². The molecule has 14 nitrogen and oxygen atoms in total. The van der Waals surface area contributed by atoms with E-state index in [0.29, 0.717) is 30.2 Å². The third kappa shape index (κ3) is 6.95. The van der Waals surface area contributed by atoms with E-state index in [4.69, 9.17) is 16.3 Å². The molecule has 2 N–H and O–H groups in total. The Hall–Kier alpha value is -5.62. The number of hydrogen-bond acceptors (Lipinski definition) is 10. The second-order valence-corrected chi connectivity index (χ2v) is 13.6. The average molecular weight is 784 g/mol. The molecule has 1 aliphatic carbocycles. The van der Waals surface area contributed by atoms with E-state index in [1.807, 2.05) is 0 Å². The quantitative estimate of drug-likeness (QED) is 0.206. The summed E-state index contributed by atoms with van der Waals surface area (Å²) in [5.41, 5.74) is 0.564. The number of aromatic nitrogens is 6. The Kier molecular flexibility index (Phi) is 9.97. The first-order chi connectivity index (χ1) is 26.2. The third-order valence-corrected chi connectivity index (χ3v) is 10.2. The second-order valence-electron chi connectivity index (χ2n) is 13.2. The van der Waals surface area contributed by atoms with E-state index in [-0.39, 0.29) is 89.4 Å². The molecule has 0 spiro atoms. The molecule has 3 aromatic heterocycles. The van der Waals surface area contributed by atoms with Crippen molar-refractivity contribution >= 4 is 40.6 Å². The highest BCUT2D eigenvalue weighted by Crippen LogP contribution is 2.38. The molecule has 1 saturated heterocycles. The maximum atomic E-state index is 15.7. The number of methoxy groups -OCH3 is 1. The molecule has 2 amide bonds. The fourth-order valence-corrected chi connectivity index (χ4v) is 7.31. The van der Waals surface area contributed by atoms with Gasteiger partial charge in [0.05, 0.1) is 39.3 Å². The summed E-state index contributed by atoms with van der Waals surface area (Å²) in [5, 5.41) is 17.1. The van der Waals surface area contributed by atoms with Crippen molar-refractivity contribution in [3.8, 4) is 17.1 Å². The number of aromatic hydroxyl groups is 1. The van der Waals surface area contributed by atoms with Crippen LogP contribution in [0.4, 0.5) is 28.9 Å². The number of halogens is 5. The van der Waals surface area contributed by atoms with Crippen molar-refractivity contribution in [1.82, 2.24) is 34.0 Å². The number of aryl methyl sites for hydroxylation is 2. The molecule has 19 heteroatoms. The van der Waals surface area contributed by atoms with Crippen LogP contribution in [-0.4, -0.2) is 84.2 Å². The minimum absolute atomic E-state index is 0.0427. The Morgan fingerprint density at radius 2 is 1.85 bits per heavy atom. The minimum atomic E-state index is -4.65. The molecule has 1 fully saturated rings. The van der Waals surface area contributed by atoms with Crippen LogP contribution in [0.2, 0.25) is 5.02 Å². The van der Waals surface area contributed by atoms with Crippen LogP contribution >= 0.6 is 11.6 Å². The number of carbonyl (C=O) groups is 2. The first kappa shape index (κ1) is 37.7. The summed E-state index contributed by atoms with van der Waals surface area (Å²) in [6.45, 7) is 3.43. The monoisotopic (exact) mass is 783 g/mol. The molecular weight excluding hydrogens is 750 g/mol. The van der Waals surface area contributed by atoms with E-state index in [9.17, 15) is 32.7 Å². The van der Waals surface area contributed by atoms with Gasteiger partial charge in [-0.15, -0.1) is 5.10 Å². The minimum Gasteiger partial charge on any atom is -0.504 e. The molecule has 2 aliphatic rings. The normalized spacial score (nSPS) is 15.8. The number of amides is 2. The average Bonchev–Trinajstić information content (AvgIpc) is 3.78. The smallest absolute Gasteiger partial charge is 0.416 e. The highest BCUT2D eigenvalue weighted by atomic mass is 35.5. The lowest BCUT2D eigenvalue weighted by molar-refractivity contribution is -0.137. The Bertz CT molecular complexity index is 2410. The van der Waals surface area contributed by atoms with Gasteiger partial charge in [-0.25, -0.2) is 14.4 Å². The summed E-state index contributed by atoms with van der Waals surface area (Å²) >= 11 is 6.13. The van der Waals surface area contributed by atoms with Gasteiger partial charge < -0.3 is 29.5 Å². The topological polar surface area (TPSA) is 160 Å². The summed E-state index contributed by atoms with van der Waals surface area (Å²) in [4.78, 5) is 56.9. The van der Waals surface area contributed by atoms with Gasteiger partial charge in [0.25, 0.3) is 11.5 Å². The molecule has 288 valence electrons. The summed E-state index contributed by atoms with van der Waals surface area (Å²) in [6, 6.07) is 5.53. The maximum absolute atomic E-state index is 15.7. The van der Waals surface area contributed by atoms with E-state index >= 15 is 4.39 Å². The van der Waals surface area contributed by atoms with E-state index in [1.165, 1.54) is 21.9 Å². The predicted octanol–water partition coefficient (Wildman–Crippen LogP) is 4.97. The summed E-state index contributed by atoms with van der Waals surface area (Å²) in [5.74, 6) is -2.36. The number of fused-ring (bicyclic) bond motifs is 2. The highest BCUT2D eigenvalue weighted by Gasteiger charge is 2.33. The zero-order chi connectivity index (χ0) is 39.3. The van der Waals surface area contributed by atoms with Crippen LogP contribution in [0.3, 0.4) is 0 Å². The number of ether oxygens (including phenoxy) is 1. The fourth-order valence-electron chi connectivity index (χ4n) is 7.08. The molecule has 2 aromatic carbocycles. The largest absolute Gasteiger partial charge is 0.504 e. The third-order valence-electron chi connectivity index (χ3n) is 9.90. The molecule has 7 rings (SSSR count). The van der Waals surface area contributed by atoms with Crippen LogP contribution in [-0.2, 0) is 35.1 Å². The Morgan fingerprint density at radius 3 is 2.53 bits per heavy atom. The summed E-state index contributed by atoms with van der Waals surface area (Å²) < 4.78 is 63.4. The molecule has 55 heavy (non-hydrogen) atoms. The molecule has 0 unspecified atom stereocenters. The number of nitrogens with zero attached hydrogens (tertiary/aromatic N) is 8. The van der Waals surface area contributed by atoms with Crippen molar-refractivity contribution in [3.05, 3.63) is 91.6 Å². The molecular formula is C36H34ClF4N9O5. The lowest BCUT2D eigenvalue weighted by Crippen LogP contribution is -2.51. The van der Waals surface area contributed by atoms with E-state index in [2.05, 4.69) is 25.4 Å². The van der Waals surface area contributed by atoms with Gasteiger partial charge in [-0.2, -0.15) is 22.7 Å². The van der Waals surface area contributed by atoms with Gasteiger partial charge in [-0.1, -0.05) is 18.5 Å². The Balaban J connectivity index is 1.28. The van der Waals surface area contributed by atoms with Gasteiger partial charge in [-0.3, -0.25) is 14.4 Å². The fraction of sp³-hybridized carbons (Fsp3) is 0.361. The van der Waals surface area contributed by atoms with Gasteiger partial charge in [0.2, 0.25) is 11.7 Å². The van der Waals surface area contributed by atoms with Crippen LogP contribution in [0.1, 0.15) is 58.0 Å². The van der Waals surface area contributed by atoms with E-state index < -0.39 is 41.5 Å². The van der Waals surface area contributed by atoms with Crippen LogP contribution in [0.15, 0.2) is 41.5 Å². The van der Waals surface area contributed by atoms with Crippen molar-refractivity contribution in [2.24, 2.45) is 0 Å². The summed E-state index contributed by atoms with van der Waals surface area (Å²) in [6.07, 6.45) is -2.23. The van der Waals surface area contributed by atoms with Gasteiger partial charge in [0.1, 0.15) is 24.4 Å². The Morgan fingerprint density at radius 1 is 1.11 bits per heavy atom. The number of nitrogens with one attached hydrogen (secondary N) is 1. The van der Waals surface area contributed by atoms with Gasteiger partial charge in [-0.05, 0) is 67.6 Å². The standard InChI is InChI=1S/C36H34ClF4N9O5/c1-4-26-30(47-9-11-48(12-10-47)33(53)29-31(52)18(2)42-17-43-29)34(54)50-35(45-32(46-50)22-13-19-5-8-27(55-3)21(19)15-24(22)38)49(26)16-28(51)44-25-7-6-20(14-23(25)37)36(39,40)41/h6-7,13-15,17,27,52H,4-5,8-12,16H2,1-3H3,(H,44,51)/t27-/m0/s1. The molecule has 4 heterocycles. The van der Waals surface area contributed by atoms with Gasteiger partial charge in [0.15, 0.2) is 17.3 Å². The number of alkyl halides is 3. The number of rotatable bonds is 8. The molecule has 1 aliphatic heterocycles. The maximum Gasteiger partial charge on any atom is 0.416 e. The van der Waals surface area contributed by atoms with Crippen LogP contribution < -0.4 is 15.8 Å². The van der Waals surface area contributed by atoms with Crippen molar-refractivity contribution in [2.75, 3.05) is 43.5 Å². The molecule has 0 radical (unpaired) electrons. The van der Waals surface area contributed by atoms with Gasteiger partial charge >= 0.3 is 6.18 Å². The van der Waals surface area contributed by atoms with Crippen LogP contribution in [0.25, 0.3) is 17.2 Å². The van der Waals surface area contributed by atoms with Crippen molar-refractivity contribution in [2.45, 2.75) is 51.9 Å². The number of piperazine rings is 1. The number of carbonyl (C=O) groups excluding carboxylic acids is 2. The number of hydrogen-bond donors (Lipinski definition) is 2. The zero-order valence-corrected chi connectivity index (χ0v) is 30.5. The predicted molar refractivity (Wildman–Crippen MR) is 192 cm³/mol. The second kappa shape index (κ2) is 14.6. The SMILES string of the molecule is CCc1c(N2CCN(C(=O)c3ncnc(C)c3O)CC2)c(=O)n2nc(-c3cc4c(cc3F)[C@@H](OC)CC4)nc2n1CC(=O)Nc1ccc(C(F)(F)F)cc1Cl. The molecule has 1 atom stereocenters. The molecule has 5 aromatic rings. The van der Waals surface area contributed by atoms with Crippen LogP contribution in [0, 0.1) is 12.7 Å². The molecule has 0 bridgehead atoms. The highest BCUT2D eigenvalue weighted by molar-refractivity contribution is 6.33. The van der Waals surface area contributed by atoms with Crippen molar-refractivity contribution < 1.29 is 37.0 Å². The van der Waals surface area contributed by atoms with Crippen molar-refractivity contribution in [3.63, 3.8) is 0 Å². The zero-order valence-electron chi connectivity index (χ0n) is 29.7. The Labute approximate surface area is 315 Å². The van der Waals surface area contributed by atoms with Gasteiger partial charge in [0, 0.05) is 33.3 Å². The number of anilines is 2. The molecule has 0 saturated carbocycles. The first-order valence-electron chi connectivity index (χ1n) is 17.3. The lowest BCUT2D eigenvalue weighted by atomic mass is 10.0. The summed E-state index contributed by atoms with van der Waals surface area (Å²) in [7, 11) is 1.55. The van der Waals surface area contributed by atoms with E-state index in [0.717, 1.165) is 22.2 Å². The lowest BCUT2D eigenvalue weighted by Gasteiger charge is -2.36. The first-order valence-corrected chi connectivity index (χ1v) is 17.7. The number of benzene rings is 2.